The van der Waals surface area contributed by atoms with Crippen LogP contribution < -0.4 is 21.7 Å². The minimum atomic E-state index is -0.184. The van der Waals surface area contributed by atoms with E-state index in [0.717, 1.165) is 25.2 Å². The van der Waals surface area contributed by atoms with E-state index in [1.165, 1.54) is 23.9 Å². The summed E-state index contributed by atoms with van der Waals surface area (Å²) in [5, 5.41) is 4.23. The lowest BCUT2D eigenvalue weighted by molar-refractivity contribution is -0.121. The van der Waals surface area contributed by atoms with Gasteiger partial charge in [0.2, 0.25) is 5.91 Å². The molecule has 2 heterocycles. The molecule has 1 saturated heterocycles. The molecule has 0 spiro atoms. The zero-order valence-electron chi connectivity index (χ0n) is 12.3. The summed E-state index contributed by atoms with van der Waals surface area (Å²) in [6.07, 6.45) is 7.15. The fraction of sp³-hybridized carbons (Fsp3) is 0.643. The number of hydrazine groups is 1. The third kappa shape index (κ3) is 4.56. The standard InChI is InChI=1S/C14H23N5O2/c15-17-13(20)6-2-5-9-19-14(21)10-12(11-16-19)18-7-3-1-4-8-18/h10-11H,1-9,15H2,(H,17,20). The maximum Gasteiger partial charge on any atom is 0.268 e. The number of carbonyl (C=O) groups excluding carboxylic acids is 1. The molecule has 1 amide bonds. The topological polar surface area (TPSA) is 93.2 Å². The lowest BCUT2D eigenvalue weighted by Gasteiger charge is -2.28. The Bertz CT molecular complexity index is 522. The molecular weight excluding hydrogens is 270 g/mol. The average Bonchev–Trinajstić information content (AvgIpc) is 2.53. The van der Waals surface area contributed by atoms with Gasteiger partial charge in [-0.1, -0.05) is 0 Å². The largest absolute Gasteiger partial charge is 0.370 e. The highest BCUT2D eigenvalue weighted by atomic mass is 16.2. The number of nitrogens with zero attached hydrogens (tertiary/aromatic N) is 3. The summed E-state index contributed by atoms with van der Waals surface area (Å²) in [4.78, 5) is 25.2. The molecule has 0 atom stereocenters. The summed E-state index contributed by atoms with van der Waals surface area (Å²) in [5.41, 5.74) is 2.92. The van der Waals surface area contributed by atoms with E-state index in [4.69, 9.17) is 5.84 Å². The zero-order valence-corrected chi connectivity index (χ0v) is 12.3. The van der Waals surface area contributed by atoms with E-state index in [1.54, 1.807) is 12.3 Å². The highest BCUT2D eigenvalue weighted by Crippen LogP contribution is 2.16. The molecule has 0 radical (unpaired) electrons. The van der Waals surface area contributed by atoms with Crippen molar-refractivity contribution in [2.75, 3.05) is 18.0 Å². The Morgan fingerprint density at radius 3 is 2.71 bits per heavy atom. The summed E-state index contributed by atoms with van der Waals surface area (Å²) in [6, 6.07) is 1.66. The molecule has 0 bridgehead atoms. The van der Waals surface area contributed by atoms with Crippen LogP contribution in [0.1, 0.15) is 38.5 Å². The van der Waals surface area contributed by atoms with Gasteiger partial charge in [0, 0.05) is 32.1 Å². The van der Waals surface area contributed by atoms with Crippen molar-refractivity contribution in [3.63, 3.8) is 0 Å². The molecular formula is C14H23N5O2. The minimum absolute atomic E-state index is 0.0821. The molecule has 3 N–H and O–H groups in total. The van der Waals surface area contributed by atoms with Crippen LogP contribution in [0.2, 0.25) is 0 Å². The Morgan fingerprint density at radius 2 is 2.05 bits per heavy atom. The molecule has 0 aliphatic carbocycles. The van der Waals surface area contributed by atoms with Gasteiger partial charge in [0.05, 0.1) is 11.9 Å². The molecule has 1 aliphatic heterocycles. The molecule has 116 valence electrons. The van der Waals surface area contributed by atoms with Crippen molar-refractivity contribution in [3.05, 3.63) is 22.6 Å². The third-order valence-electron chi connectivity index (χ3n) is 3.76. The number of rotatable bonds is 6. The number of hydrogen-bond donors (Lipinski definition) is 2. The van der Waals surface area contributed by atoms with Crippen molar-refractivity contribution in [2.45, 2.75) is 45.1 Å². The first kappa shape index (κ1) is 15.5. The number of carbonyl (C=O) groups is 1. The quantitative estimate of drug-likeness (QED) is 0.342. The molecule has 1 aliphatic rings. The number of hydrogen-bond acceptors (Lipinski definition) is 5. The fourth-order valence-corrected chi connectivity index (χ4v) is 2.54. The number of aryl methyl sites for hydroxylation is 1. The fourth-order valence-electron chi connectivity index (χ4n) is 2.54. The van der Waals surface area contributed by atoms with E-state index < -0.39 is 0 Å². The summed E-state index contributed by atoms with van der Waals surface area (Å²) in [7, 11) is 0. The van der Waals surface area contributed by atoms with Gasteiger partial charge in [0.25, 0.3) is 5.56 Å². The van der Waals surface area contributed by atoms with Gasteiger partial charge in [-0.15, -0.1) is 0 Å². The molecule has 0 saturated carbocycles. The summed E-state index contributed by atoms with van der Waals surface area (Å²) in [6.45, 7) is 2.52. The van der Waals surface area contributed by atoms with E-state index in [1.807, 2.05) is 0 Å². The summed E-state index contributed by atoms with van der Waals surface area (Å²) >= 11 is 0. The van der Waals surface area contributed by atoms with E-state index >= 15 is 0 Å². The van der Waals surface area contributed by atoms with Crippen LogP contribution in [-0.4, -0.2) is 28.8 Å². The van der Waals surface area contributed by atoms with Crippen LogP contribution in [0, 0.1) is 0 Å². The van der Waals surface area contributed by atoms with Crippen LogP contribution in [0.3, 0.4) is 0 Å². The van der Waals surface area contributed by atoms with E-state index in [2.05, 4.69) is 15.4 Å². The van der Waals surface area contributed by atoms with Crippen LogP contribution in [0.5, 0.6) is 0 Å². The van der Waals surface area contributed by atoms with Crippen molar-refractivity contribution >= 4 is 11.6 Å². The number of aromatic nitrogens is 2. The third-order valence-corrected chi connectivity index (χ3v) is 3.76. The van der Waals surface area contributed by atoms with E-state index in [-0.39, 0.29) is 11.5 Å². The molecule has 7 heteroatoms. The van der Waals surface area contributed by atoms with Crippen molar-refractivity contribution in [2.24, 2.45) is 5.84 Å². The zero-order chi connectivity index (χ0) is 15.1. The first-order valence-electron chi connectivity index (χ1n) is 7.52. The maximum atomic E-state index is 12.0. The summed E-state index contributed by atoms with van der Waals surface area (Å²) in [5.74, 6) is 4.82. The molecule has 2 rings (SSSR count). The van der Waals surface area contributed by atoms with Gasteiger partial charge in [0.1, 0.15) is 0 Å². The maximum absolute atomic E-state index is 12.0. The van der Waals surface area contributed by atoms with Crippen molar-refractivity contribution < 1.29 is 4.79 Å². The second-order valence-corrected chi connectivity index (χ2v) is 5.35. The SMILES string of the molecule is NNC(=O)CCCCn1ncc(N2CCCCC2)cc1=O. The minimum Gasteiger partial charge on any atom is -0.370 e. The lowest BCUT2D eigenvalue weighted by atomic mass is 10.1. The molecule has 7 nitrogen and oxygen atoms in total. The second kappa shape index (κ2) is 7.78. The first-order valence-corrected chi connectivity index (χ1v) is 7.52. The average molecular weight is 293 g/mol. The van der Waals surface area contributed by atoms with Gasteiger partial charge in [-0.2, -0.15) is 5.10 Å². The highest BCUT2D eigenvalue weighted by Gasteiger charge is 2.12. The van der Waals surface area contributed by atoms with Crippen LogP contribution in [0.25, 0.3) is 0 Å². The molecule has 21 heavy (non-hydrogen) atoms. The second-order valence-electron chi connectivity index (χ2n) is 5.35. The molecule has 1 aromatic heterocycles. The van der Waals surface area contributed by atoms with Crippen LogP contribution in [-0.2, 0) is 11.3 Å². The predicted molar refractivity (Wildman–Crippen MR) is 80.7 cm³/mol. The Morgan fingerprint density at radius 1 is 1.29 bits per heavy atom. The first-order chi connectivity index (χ1) is 10.2. The number of anilines is 1. The Kier molecular flexibility index (Phi) is 5.74. The van der Waals surface area contributed by atoms with Gasteiger partial charge < -0.3 is 4.90 Å². The van der Waals surface area contributed by atoms with E-state index in [9.17, 15) is 9.59 Å². The van der Waals surface area contributed by atoms with Crippen molar-refractivity contribution in [1.82, 2.24) is 15.2 Å². The van der Waals surface area contributed by atoms with Crippen LogP contribution in [0.15, 0.2) is 17.1 Å². The van der Waals surface area contributed by atoms with Crippen molar-refractivity contribution in [1.29, 1.82) is 0 Å². The van der Waals surface area contributed by atoms with Crippen LogP contribution in [0.4, 0.5) is 5.69 Å². The van der Waals surface area contributed by atoms with E-state index in [0.29, 0.717) is 19.4 Å². The summed E-state index contributed by atoms with van der Waals surface area (Å²) < 4.78 is 1.45. The smallest absolute Gasteiger partial charge is 0.268 e. The molecule has 1 aromatic rings. The Labute approximate surface area is 124 Å². The normalized spacial score (nSPS) is 15.0. The van der Waals surface area contributed by atoms with Gasteiger partial charge in [-0.05, 0) is 32.1 Å². The molecule has 0 unspecified atom stereocenters. The lowest BCUT2D eigenvalue weighted by Crippen LogP contribution is -2.32. The van der Waals surface area contributed by atoms with Gasteiger partial charge >= 0.3 is 0 Å². The van der Waals surface area contributed by atoms with Crippen molar-refractivity contribution in [3.8, 4) is 0 Å². The number of amides is 1. The number of nitrogens with one attached hydrogen (secondary N) is 1. The predicted octanol–water partition coefficient (Wildman–Crippen LogP) is 0.394. The van der Waals surface area contributed by atoms with Gasteiger partial charge in [-0.3, -0.25) is 15.0 Å². The monoisotopic (exact) mass is 293 g/mol. The number of unbranched alkanes of at least 4 members (excludes halogenated alkanes) is 1. The number of piperidine rings is 1. The Balaban J connectivity index is 1.87. The van der Waals surface area contributed by atoms with Gasteiger partial charge in [-0.25, -0.2) is 10.5 Å². The highest BCUT2D eigenvalue weighted by molar-refractivity contribution is 5.75. The molecule has 1 fully saturated rings. The molecule has 0 aromatic carbocycles. The van der Waals surface area contributed by atoms with Crippen LogP contribution >= 0.6 is 0 Å². The number of nitrogens with two attached hydrogens (primary N) is 1. The Hall–Kier alpha value is -1.89. The van der Waals surface area contributed by atoms with Gasteiger partial charge in [0.15, 0.2) is 0 Å².